The molecule has 0 bridgehead atoms. The van der Waals surface area contributed by atoms with E-state index in [2.05, 4.69) is 29.9 Å². The van der Waals surface area contributed by atoms with Crippen molar-refractivity contribution in [3.63, 3.8) is 0 Å². The lowest BCUT2D eigenvalue weighted by atomic mass is 10.1. The summed E-state index contributed by atoms with van der Waals surface area (Å²) in [6, 6.07) is 10.6. The molecule has 4 aromatic rings. The van der Waals surface area contributed by atoms with Crippen LogP contribution in [0.15, 0.2) is 60.2 Å². The standard InChI is InChI=1S/C20H18N8O2/c29-19-9-15(14-3-1-2-4-16(14)25-19)20(30)27-7-5-26(6-8-27)17-10-18(23-12-22-17)28-13-21-11-24-28/h1-4,9-13H,5-8H2,(H,25,29). The number of pyridine rings is 1. The van der Waals surface area contributed by atoms with Gasteiger partial charge in [-0.25, -0.2) is 19.6 Å². The summed E-state index contributed by atoms with van der Waals surface area (Å²) in [4.78, 5) is 44.3. The Labute approximate surface area is 170 Å². The molecule has 1 aromatic carbocycles. The third-order valence-electron chi connectivity index (χ3n) is 5.16. The van der Waals surface area contributed by atoms with E-state index in [1.54, 1.807) is 22.0 Å². The van der Waals surface area contributed by atoms with Gasteiger partial charge >= 0.3 is 0 Å². The number of rotatable bonds is 3. The van der Waals surface area contributed by atoms with Crippen molar-refractivity contribution in [2.45, 2.75) is 0 Å². The molecular weight excluding hydrogens is 384 g/mol. The van der Waals surface area contributed by atoms with E-state index >= 15 is 0 Å². The lowest BCUT2D eigenvalue weighted by molar-refractivity contribution is 0.0748. The van der Waals surface area contributed by atoms with E-state index in [0.29, 0.717) is 43.1 Å². The van der Waals surface area contributed by atoms with Gasteiger partial charge in [0.15, 0.2) is 5.82 Å². The molecular formula is C20H18N8O2. The number of hydrogen-bond acceptors (Lipinski definition) is 7. The molecule has 0 spiro atoms. The van der Waals surface area contributed by atoms with Crippen molar-refractivity contribution in [3.05, 3.63) is 71.3 Å². The Morgan fingerprint density at radius 2 is 1.77 bits per heavy atom. The first kappa shape index (κ1) is 18.0. The minimum Gasteiger partial charge on any atom is -0.353 e. The van der Waals surface area contributed by atoms with Gasteiger partial charge < -0.3 is 14.8 Å². The van der Waals surface area contributed by atoms with Crippen LogP contribution in [0.1, 0.15) is 10.4 Å². The van der Waals surface area contributed by atoms with Gasteiger partial charge in [-0.05, 0) is 6.07 Å². The smallest absolute Gasteiger partial charge is 0.254 e. The average molecular weight is 402 g/mol. The summed E-state index contributed by atoms with van der Waals surface area (Å²) in [5.74, 6) is 1.26. The number of para-hydroxylation sites is 1. The van der Waals surface area contributed by atoms with Crippen molar-refractivity contribution in [3.8, 4) is 5.82 Å². The number of amides is 1. The molecule has 0 radical (unpaired) electrons. The molecule has 5 rings (SSSR count). The molecule has 10 nitrogen and oxygen atoms in total. The normalized spacial score (nSPS) is 14.3. The number of aromatic amines is 1. The molecule has 1 amide bonds. The number of nitrogens with one attached hydrogen (secondary N) is 1. The summed E-state index contributed by atoms with van der Waals surface area (Å²) in [6.45, 7) is 2.31. The Kier molecular flexibility index (Phi) is 4.43. The highest BCUT2D eigenvalue weighted by Gasteiger charge is 2.24. The second-order valence-corrected chi connectivity index (χ2v) is 6.95. The molecule has 1 aliphatic rings. The molecule has 1 saturated heterocycles. The van der Waals surface area contributed by atoms with Gasteiger partial charge in [-0.2, -0.15) is 5.10 Å². The van der Waals surface area contributed by atoms with Gasteiger partial charge in [0.05, 0.1) is 5.56 Å². The zero-order chi connectivity index (χ0) is 20.5. The summed E-state index contributed by atoms with van der Waals surface area (Å²) in [7, 11) is 0. The van der Waals surface area contributed by atoms with Gasteiger partial charge in [0.25, 0.3) is 5.91 Å². The number of fused-ring (bicyclic) bond motifs is 1. The van der Waals surface area contributed by atoms with Crippen LogP contribution in [0.3, 0.4) is 0 Å². The Bertz CT molecular complexity index is 1260. The van der Waals surface area contributed by atoms with Crippen LogP contribution in [-0.2, 0) is 0 Å². The second-order valence-electron chi connectivity index (χ2n) is 6.95. The molecule has 0 atom stereocenters. The van der Waals surface area contributed by atoms with Gasteiger partial charge in [-0.15, -0.1) is 0 Å². The van der Waals surface area contributed by atoms with Crippen molar-refractivity contribution in [2.75, 3.05) is 31.1 Å². The Morgan fingerprint density at radius 1 is 0.967 bits per heavy atom. The summed E-state index contributed by atoms with van der Waals surface area (Å²) in [5, 5.41) is 4.84. The highest BCUT2D eigenvalue weighted by molar-refractivity contribution is 6.06. The summed E-state index contributed by atoms with van der Waals surface area (Å²) < 4.78 is 1.57. The number of H-pyrrole nitrogens is 1. The van der Waals surface area contributed by atoms with Gasteiger partial charge in [0.2, 0.25) is 5.56 Å². The minimum atomic E-state index is -0.280. The third kappa shape index (κ3) is 3.28. The molecule has 0 saturated carbocycles. The van der Waals surface area contributed by atoms with E-state index in [9.17, 15) is 9.59 Å². The fourth-order valence-electron chi connectivity index (χ4n) is 3.65. The maximum Gasteiger partial charge on any atom is 0.254 e. The molecule has 150 valence electrons. The number of hydrogen-bond donors (Lipinski definition) is 1. The maximum atomic E-state index is 13.1. The fraction of sp³-hybridized carbons (Fsp3) is 0.200. The predicted octanol–water partition coefficient (Wildman–Crippen LogP) is 0.861. The van der Waals surface area contributed by atoms with Gasteiger partial charge in [0, 0.05) is 49.2 Å². The zero-order valence-corrected chi connectivity index (χ0v) is 16.0. The lowest BCUT2D eigenvalue weighted by Crippen LogP contribution is -2.49. The minimum absolute atomic E-state index is 0.136. The van der Waals surface area contributed by atoms with Crippen molar-refractivity contribution >= 4 is 22.6 Å². The number of anilines is 1. The van der Waals surface area contributed by atoms with E-state index in [0.717, 1.165) is 11.2 Å². The Hall–Kier alpha value is -4.08. The summed E-state index contributed by atoms with van der Waals surface area (Å²) >= 11 is 0. The predicted molar refractivity (Wildman–Crippen MR) is 110 cm³/mol. The fourth-order valence-corrected chi connectivity index (χ4v) is 3.65. The van der Waals surface area contributed by atoms with E-state index in [1.807, 2.05) is 24.3 Å². The van der Waals surface area contributed by atoms with Crippen molar-refractivity contribution in [1.29, 1.82) is 0 Å². The van der Waals surface area contributed by atoms with Crippen LogP contribution in [0.25, 0.3) is 16.7 Å². The van der Waals surface area contributed by atoms with Crippen LogP contribution in [0.2, 0.25) is 0 Å². The quantitative estimate of drug-likeness (QED) is 0.541. The van der Waals surface area contributed by atoms with Gasteiger partial charge in [-0.1, -0.05) is 18.2 Å². The van der Waals surface area contributed by atoms with Gasteiger partial charge in [-0.3, -0.25) is 9.59 Å². The number of aromatic nitrogens is 6. The first-order valence-electron chi connectivity index (χ1n) is 9.52. The number of benzene rings is 1. The highest BCUT2D eigenvalue weighted by atomic mass is 16.2. The monoisotopic (exact) mass is 402 g/mol. The van der Waals surface area contributed by atoms with Crippen molar-refractivity contribution < 1.29 is 4.79 Å². The zero-order valence-electron chi connectivity index (χ0n) is 16.0. The number of piperazine rings is 1. The van der Waals surface area contributed by atoms with E-state index in [1.165, 1.54) is 18.7 Å². The van der Waals surface area contributed by atoms with Crippen LogP contribution in [0, 0.1) is 0 Å². The van der Waals surface area contributed by atoms with E-state index < -0.39 is 0 Å². The van der Waals surface area contributed by atoms with E-state index in [4.69, 9.17) is 0 Å². The summed E-state index contributed by atoms with van der Waals surface area (Å²) in [5.41, 5.74) is 0.809. The number of carbonyl (C=O) groups is 1. The summed E-state index contributed by atoms with van der Waals surface area (Å²) in [6.07, 6.45) is 4.52. The van der Waals surface area contributed by atoms with Crippen LogP contribution in [0.5, 0.6) is 0 Å². The molecule has 30 heavy (non-hydrogen) atoms. The maximum absolute atomic E-state index is 13.1. The van der Waals surface area contributed by atoms with Crippen molar-refractivity contribution in [2.24, 2.45) is 0 Å². The average Bonchev–Trinajstić information content (AvgIpc) is 3.33. The third-order valence-corrected chi connectivity index (χ3v) is 5.16. The first-order valence-corrected chi connectivity index (χ1v) is 9.52. The van der Waals surface area contributed by atoms with Crippen LogP contribution in [0.4, 0.5) is 5.82 Å². The number of carbonyl (C=O) groups excluding carboxylic acids is 1. The van der Waals surface area contributed by atoms with Gasteiger partial charge in [0.1, 0.15) is 24.8 Å². The second kappa shape index (κ2) is 7.39. The largest absolute Gasteiger partial charge is 0.353 e. The van der Waals surface area contributed by atoms with Crippen molar-refractivity contribution in [1.82, 2.24) is 34.6 Å². The molecule has 1 fully saturated rings. The van der Waals surface area contributed by atoms with Crippen LogP contribution < -0.4 is 10.5 Å². The highest BCUT2D eigenvalue weighted by Crippen LogP contribution is 2.19. The Balaban J connectivity index is 1.34. The molecule has 4 heterocycles. The van der Waals surface area contributed by atoms with E-state index in [-0.39, 0.29) is 11.5 Å². The van der Waals surface area contributed by atoms with Crippen LogP contribution in [-0.4, -0.2) is 66.7 Å². The number of nitrogens with zero attached hydrogens (tertiary/aromatic N) is 7. The SMILES string of the molecule is O=C(c1cc(=O)[nH]c2ccccc12)N1CCN(c2cc(-n3cncn3)ncn2)CC1. The molecule has 1 aliphatic heterocycles. The molecule has 3 aromatic heterocycles. The topological polar surface area (TPSA) is 113 Å². The molecule has 0 unspecified atom stereocenters. The lowest BCUT2D eigenvalue weighted by Gasteiger charge is -2.35. The Morgan fingerprint density at radius 3 is 2.57 bits per heavy atom. The molecule has 10 heteroatoms. The molecule has 0 aliphatic carbocycles. The first-order chi connectivity index (χ1) is 14.7. The molecule has 1 N–H and O–H groups in total. The van der Waals surface area contributed by atoms with Crippen LogP contribution >= 0.6 is 0 Å².